The molecule has 0 bridgehead atoms. The number of hydrogen-bond acceptors (Lipinski definition) is 1. The Kier molecular flexibility index (Phi) is 8.26. The van der Waals surface area contributed by atoms with Crippen molar-refractivity contribution in [1.82, 2.24) is 0 Å². The quantitative estimate of drug-likeness (QED) is 0.587. The molecular formula is C13H28O. The van der Waals surface area contributed by atoms with Crippen LogP contribution < -0.4 is 0 Å². The molecule has 0 radical (unpaired) electrons. The summed E-state index contributed by atoms with van der Waals surface area (Å²) in [6.45, 7) is 8.66. The first-order valence-electron chi connectivity index (χ1n) is 6.26. The van der Waals surface area contributed by atoms with Gasteiger partial charge in [0.15, 0.2) is 0 Å². The third kappa shape index (κ3) is 7.37. The second kappa shape index (κ2) is 8.28. The van der Waals surface area contributed by atoms with Gasteiger partial charge in [0, 0.05) is 0 Å². The van der Waals surface area contributed by atoms with Crippen molar-refractivity contribution in [3.05, 3.63) is 0 Å². The van der Waals surface area contributed by atoms with Gasteiger partial charge in [-0.1, -0.05) is 52.9 Å². The van der Waals surface area contributed by atoms with Gasteiger partial charge in [-0.3, -0.25) is 0 Å². The van der Waals surface area contributed by atoms with Crippen LogP contribution in [0.5, 0.6) is 0 Å². The van der Waals surface area contributed by atoms with E-state index in [9.17, 15) is 5.11 Å². The fraction of sp³-hybridized carbons (Fsp3) is 1.00. The predicted octanol–water partition coefficient (Wildman–Crippen LogP) is 4.00. The Morgan fingerprint density at radius 2 is 1.50 bits per heavy atom. The van der Waals surface area contributed by atoms with Crippen molar-refractivity contribution >= 4 is 0 Å². The standard InChI is InChI=1S/C13H28O/c1-5-13(12(4)14)10-8-6-7-9-11(2)3/h11-14H,5-10H2,1-4H3. The Balaban J connectivity index is 3.33. The summed E-state index contributed by atoms with van der Waals surface area (Å²) in [5.41, 5.74) is 0. The summed E-state index contributed by atoms with van der Waals surface area (Å²) in [4.78, 5) is 0. The largest absolute Gasteiger partial charge is 0.393 e. The van der Waals surface area contributed by atoms with Crippen LogP contribution in [0.4, 0.5) is 0 Å². The number of aliphatic hydroxyl groups is 1. The van der Waals surface area contributed by atoms with Gasteiger partial charge in [-0.25, -0.2) is 0 Å². The molecule has 0 saturated carbocycles. The molecule has 1 heteroatoms. The molecule has 0 saturated heterocycles. The first kappa shape index (κ1) is 14.0. The molecule has 0 aliphatic heterocycles. The Hall–Kier alpha value is -0.0400. The third-order valence-electron chi connectivity index (χ3n) is 3.06. The van der Waals surface area contributed by atoms with Gasteiger partial charge < -0.3 is 5.11 Å². The lowest BCUT2D eigenvalue weighted by Crippen LogP contribution is -2.15. The van der Waals surface area contributed by atoms with Crippen LogP contribution in [0.1, 0.15) is 66.2 Å². The van der Waals surface area contributed by atoms with Crippen molar-refractivity contribution in [3.63, 3.8) is 0 Å². The van der Waals surface area contributed by atoms with Gasteiger partial charge in [0.05, 0.1) is 6.10 Å². The second-order valence-electron chi connectivity index (χ2n) is 4.94. The van der Waals surface area contributed by atoms with E-state index in [4.69, 9.17) is 0 Å². The molecule has 1 nitrogen and oxygen atoms in total. The summed E-state index contributed by atoms with van der Waals surface area (Å²) in [6.07, 6.45) is 7.52. The molecular weight excluding hydrogens is 172 g/mol. The van der Waals surface area contributed by atoms with Crippen LogP contribution in [0.2, 0.25) is 0 Å². The van der Waals surface area contributed by atoms with E-state index in [1.807, 2.05) is 6.92 Å². The van der Waals surface area contributed by atoms with E-state index in [-0.39, 0.29) is 6.10 Å². The topological polar surface area (TPSA) is 20.2 Å². The zero-order valence-electron chi connectivity index (χ0n) is 10.4. The van der Waals surface area contributed by atoms with Crippen molar-refractivity contribution in [2.24, 2.45) is 11.8 Å². The van der Waals surface area contributed by atoms with Crippen molar-refractivity contribution in [1.29, 1.82) is 0 Å². The van der Waals surface area contributed by atoms with Gasteiger partial charge in [0.2, 0.25) is 0 Å². The van der Waals surface area contributed by atoms with E-state index in [0.717, 1.165) is 12.3 Å². The molecule has 1 N–H and O–H groups in total. The van der Waals surface area contributed by atoms with Gasteiger partial charge in [-0.15, -0.1) is 0 Å². The molecule has 0 heterocycles. The second-order valence-corrected chi connectivity index (χ2v) is 4.94. The highest BCUT2D eigenvalue weighted by Gasteiger charge is 2.11. The number of hydrogen-bond donors (Lipinski definition) is 1. The average Bonchev–Trinajstić information content (AvgIpc) is 2.10. The molecule has 2 atom stereocenters. The predicted molar refractivity (Wildman–Crippen MR) is 63.4 cm³/mol. The lowest BCUT2D eigenvalue weighted by Gasteiger charge is -2.17. The van der Waals surface area contributed by atoms with Crippen molar-refractivity contribution in [2.75, 3.05) is 0 Å². The fourth-order valence-corrected chi connectivity index (χ4v) is 1.92. The van der Waals surface area contributed by atoms with Crippen LogP contribution in [0.25, 0.3) is 0 Å². The molecule has 0 rings (SSSR count). The SMILES string of the molecule is CCC(CCCCCC(C)C)C(C)O. The maximum atomic E-state index is 9.46. The highest BCUT2D eigenvalue weighted by Crippen LogP contribution is 2.18. The number of aliphatic hydroxyl groups excluding tert-OH is 1. The molecule has 0 amide bonds. The van der Waals surface area contributed by atoms with Crippen LogP contribution >= 0.6 is 0 Å². The van der Waals surface area contributed by atoms with E-state index in [2.05, 4.69) is 20.8 Å². The summed E-state index contributed by atoms with van der Waals surface area (Å²) in [5, 5.41) is 9.46. The van der Waals surface area contributed by atoms with Gasteiger partial charge in [0.1, 0.15) is 0 Å². The van der Waals surface area contributed by atoms with Gasteiger partial charge in [-0.2, -0.15) is 0 Å². The monoisotopic (exact) mass is 200 g/mol. The summed E-state index contributed by atoms with van der Waals surface area (Å²) in [5.74, 6) is 1.36. The summed E-state index contributed by atoms with van der Waals surface area (Å²) in [6, 6.07) is 0. The van der Waals surface area contributed by atoms with E-state index in [1.54, 1.807) is 0 Å². The Morgan fingerprint density at radius 1 is 0.929 bits per heavy atom. The minimum atomic E-state index is -0.120. The van der Waals surface area contributed by atoms with Crippen LogP contribution in [0, 0.1) is 11.8 Å². The fourth-order valence-electron chi connectivity index (χ4n) is 1.92. The number of unbranched alkanes of at least 4 members (excludes halogenated alkanes) is 2. The Bertz CT molecular complexity index is 118. The Morgan fingerprint density at radius 3 is 1.93 bits per heavy atom. The first-order valence-corrected chi connectivity index (χ1v) is 6.26. The van der Waals surface area contributed by atoms with Crippen LogP contribution in [0.15, 0.2) is 0 Å². The lowest BCUT2D eigenvalue weighted by molar-refractivity contribution is 0.115. The van der Waals surface area contributed by atoms with Crippen LogP contribution in [-0.2, 0) is 0 Å². The molecule has 0 aliphatic carbocycles. The highest BCUT2D eigenvalue weighted by molar-refractivity contribution is 4.63. The Labute approximate surface area is 89.9 Å². The van der Waals surface area contributed by atoms with E-state index in [0.29, 0.717) is 5.92 Å². The zero-order valence-corrected chi connectivity index (χ0v) is 10.4. The average molecular weight is 200 g/mol. The molecule has 0 spiro atoms. The van der Waals surface area contributed by atoms with E-state index >= 15 is 0 Å². The summed E-state index contributed by atoms with van der Waals surface area (Å²) >= 11 is 0. The molecule has 0 aromatic carbocycles. The lowest BCUT2D eigenvalue weighted by atomic mass is 9.93. The first-order chi connectivity index (χ1) is 6.57. The molecule has 2 unspecified atom stereocenters. The third-order valence-corrected chi connectivity index (χ3v) is 3.06. The molecule has 0 fully saturated rings. The minimum absolute atomic E-state index is 0.120. The van der Waals surface area contributed by atoms with Gasteiger partial charge >= 0.3 is 0 Å². The van der Waals surface area contributed by atoms with E-state index in [1.165, 1.54) is 32.1 Å². The summed E-state index contributed by atoms with van der Waals surface area (Å²) < 4.78 is 0. The molecule has 14 heavy (non-hydrogen) atoms. The zero-order chi connectivity index (χ0) is 11.0. The molecule has 86 valence electrons. The minimum Gasteiger partial charge on any atom is -0.393 e. The van der Waals surface area contributed by atoms with Crippen LogP contribution in [-0.4, -0.2) is 11.2 Å². The van der Waals surface area contributed by atoms with Crippen molar-refractivity contribution in [3.8, 4) is 0 Å². The summed E-state index contributed by atoms with van der Waals surface area (Å²) in [7, 11) is 0. The van der Waals surface area contributed by atoms with Crippen molar-refractivity contribution in [2.45, 2.75) is 72.3 Å². The molecule has 0 aromatic heterocycles. The smallest absolute Gasteiger partial charge is 0.0540 e. The van der Waals surface area contributed by atoms with Crippen LogP contribution in [0.3, 0.4) is 0 Å². The van der Waals surface area contributed by atoms with E-state index < -0.39 is 0 Å². The maximum absolute atomic E-state index is 9.46. The molecule has 0 aliphatic rings. The highest BCUT2D eigenvalue weighted by atomic mass is 16.3. The van der Waals surface area contributed by atoms with Gasteiger partial charge in [-0.05, 0) is 25.2 Å². The normalized spacial score (nSPS) is 15.9. The van der Waals surface area contributed by atoms with Crippen molar-refractivity contribution < 1.29 is 5.11 Å². The molecule has 0 aromatic rings. The maximum Gasteiger partial charge on any atom is 0.0540 e. The number of rotatable bonds is 8. The van der Waals surface area contributed by atoms with Gasteiger partial charge in [0.25, 0.3) is 0 Å².